The van der Waals surface area contributed by atoms with Crippen molar-refractivity contribution in [2.24, 2.45) is 11.3 Å². The molecule has 2 atom stereocenters. The third-order valence-corrected chi connectivity index (χ3v) is 5.26. The van der Waals surface area contributed by atoms with Gasteiger partial charge < -0.3 is 5.32 Å². The molecule has 2 nitrogen and oxygen atoms in total. The van der Waals surface area contributed by atoms with Crippen LogP contribution in [0.3, 0.4) is 0 Å². The average molecular weight is 250 g/mol. The van der Waals surface area contributed by atoms with Crippen LogP contribution >= 0.6 is 11.3 Å². The van der Waals surface area contributed by atoms with Crippen molar-refractivity contribution in [3.05, 3.63) is 16.6 Å². The summed E-state index contributed by atoms with van der Waals surface area (Å²) in [6.07, 6.45) is 7.17. The van der Waals surface area contributed by atoms with E-state index in [0.29, 0.717) is 11.3 Å². The molecule has 0 amide bonds. The molecule has 2 saturated carbocycles. The second kappa shape index (κ2) is 3.79. The SMILES string of the molecule is CC1CC(C)(C)CC1(NC1CC1)c1nccs1. The number of hydrogen-bond donors (Lipinski definition) is 1. The van der Waals surface area contributed by atoms with Crippen LogP contribution in [0.5, 0.6) is 0 Å². The van der Waals surface area contributed by atoms with Gasteiger partial charge in [0.15, 0.2) is 0 Å². The Bertz CT molecular complexity index is 394. The molecule has 0 saturated heterocycles. The van der Waals surface area contributed by atoms with Crippen molar-refractivity contribution in [3.8, 4) is 0 Å². The van der Waals surface area contributed by atoms with Gasteiger partial charge in [-0.3, -0.25) is 0 Å². The van der Waals surface area contributed by atoms with Gasteiger partial charge in [0.2, 0.25) is 0 Å². The van der Waals surface area contributed by atoms with Gasteiger partial charge in [-0.1, -0.05) is 20.8 Å². The van der Waals surface area contributed by atoms with E-state index < -0.39 is 0 Å². The fraction of sp³-hybridized carbons (Fsp3) is 0.786. The quantitative estimate of drug-likeness (QED) is 0.887. The van der Waals surface area contributed by atoms with Crippen LogP contribution in [0, 0.1) is 11.3 Å². The van der Waals surface area contributed by atoms with Gasteiger partial charge >= 0.3 is 0 Å². The van der Waals surface area contributed by atoms with Crippen LogP contribution in [-0.2, 0) is 5.54 Å². The molecule has 1 aromatic rings. The third-order valence-electron chi connectivity index (χ3n) is 4.31. The maximum absolute atomic E-state index is 4.62. The molecule has 2 aliphatic carbocycles. The minimum absolute atomic E-state index is 0.152. The Balaban J connectivity index is 1.96. The predicted octanol–water partition coefficient (Wildman–Crippen LogP) is 3.55. The van der Waals surface area contributed by atoms with E-state index in [2.05, 4.69) is 36.5 Å². The number of nitrogens with zero attached hydrogens (tertiary/aromatic N) is 1. The number of thiazole rings is 1. The standard InChI is InChI=1S/C14H22N2S/c1-10-8-13(2,3)9-14(10,16-11-4-5-11)12-15-6-7-17-12/h6-7,10-11,16H,4-5,8-9H2,1-3H3. The van der Waals surface area contributed by atoms with Gasteiger partial charge in [-0.2, -0.15) is 0 Å². The van der Waals surface area contributed by atoms with Crippen LogP contribution in [0.15, 0.2) is 11.6 Å². The first-order chi connectivity index (χ1) is 8.02. The van der Waals surface area contributed by atoms with Crippen molar-refractivity contribution in [2.75, 3.05) is 0 Å². The molecule has 94 valence electrons. The molecule has 0 radical (unpaired) electrons. The zero-order chi connectivity index (χ0) is 12.1. The summed E-state index contributed by atoms with van der Waals surface area (Å²) in [6, 6.07) is 0.746. The van der Waals surface area contributed by atoms with Gasteiger partial charge in [-0.05, 0) is 37.0 Å². The fourth-order valence-corrected chi connectivity index (χ4v) is 4.50. The molecule has 2 aliphatic rings. The molecule has 3 rings (SSSR count). The van der Waals surface area contributed by atoms with E-state index in [1.165, 1.54) is 30.7 Å². The smallest absolute Gasteiger partial charge is 0.113 e. The lowest BCUT2D eigenvalue weighted by Gasteiger charge is -2.34. The largest absolute Gasteiger partial charge is 0.302 e. The number of nitrogens with one attached hydrogen (secondary N) is 1. The van der Waals surface area contributed by atoms with E-state index in [9.17, 15) is 0 Å². The molecule has 0 aliphatic heterocycles. The second-order valence-electron chi connectivity index (χ2n) is 6.67. The monoisotopic (exact) mass is 250 g/mol. The Morgan fingerprint density at radius 1 is 1.41 bits per heavy atom. The highest BCUT2D eigenvalue weighted by Crippen LogP contribution is 2.54. The molecule has 0 spiro atoms. The maximum atomic E-state index is 4.62. The lowest BCUT2D eigenvalue weighted by molar-refractivity contribution is 0.247. The molecular formula is C14H22N2S. The van der Waals surface area contributed by atoms with Crippen molar-refractivity contribution < 1.29 is 0 Å². The van der Waals surface area contributed by atoms with Crippen molar-refractivity contribution >= 4 is 11.3 Å². The summed E-state index contributed by atoms with van der Waals surface area (Å²) in [6.45, 7) is 7.19. The Hall–Kier alpha value is -0.410. The topological polar surface area (TPSA) is 24.9 Å². The van der Waals surface area contributed by atoms with Gasteiger partial charge in [-0.25, -0.2) is 4.98 Å². The van der Waals surface area contributed by atoms with Gasteiger partial charge in [0, 0.05) is 17.6 Å². The highest BCUT2D eigenvalue weighted by Gasteiger charge is 2.52. The predicted molar refractivity (Wildman–Crippen MR) is 72.1 cm³/mol. The van der Waals surface area contributed by atoms with Crippen LogP contribution in [-0.4, -0.2) is 11.0 Å². The van der Waals surface area contributed by atoms with E-state index in [4.69, 9.17) is 0 Å². The van der Waals surface area contributed by atoms with Crippen molar-refractivity contribution in [2.45, 2.75) is 58.0 Å². The number of aromatic nitrogens is 1. The van der Waals surface area contributed by atoms with Gasteiger partial charge in [0.25, 0.3) is 0 Å². The molecular weight excluding hydrogens is 228 g/mol. The lowest BCUT2D eigenvalue weighted by atomic mass is 9.86. The zero-order valence-electron chi connectivity index (χ0n) is 11.0. The molecule has 1 heterocycles. The summed E-state index contributed by atoms with van der Waals surface area (Å²) in [5.41, 5.74) is 0.589. The van der Waals surface area contributed by atoms with Crippen molar-refractivity contribution in [3.63, 3.8) is 0 Å². The fourth-order valence-electron chi connectivity index (χ4n) is 3.58. The Labute approximate surface area is 108 Å². The molecule has 2 fully saturated rings. The van der Waals surface area contributed by atoms with Gasteiger partial charge in [0.05, 0.1) is 5.54 Å². The summed E-state index contributed by atoms with van der Waals surface area (Å²) in [4.78, 5) is 4.62. The minimum Gasteiger partial charge on any atom is -0.302 e. The summed E-state index contributed by atoms with van der Waals surface area (Å²) in [5.74, 6) is 0.684. The first kappa shape index (κ1) is 11.7. The van der Waals surface area contributed by atoms with Crippen LogP contribution in [0.4, 0.5) is 0 Å². The summed E-state index contributed by atoms with van der Waals surface area (Å²) < 4.78 is 0. The van der Waals surface area contributed by atoms with E-state index in [1.807, 2.05) is 17.5 Å². The first-order valence-corrected chi connectivity index (χ1v) is 7.57. The summed E-state index contributed by atoms with van der Waals surface area (Å²) in [5, 5.41) is 7.34. The van der Waals surface area contributed by atoms with Crippen molar-refractivity contribution in [1.82, 2.24) is 10.3 Å². The molecule has 3 heteroatoms. The lowest BCUT2D eigenvalue weighted by Crippen LogP contribution is -2.46. The van der Waals surface area contributed by atoms with Gasteiger partial charge in [0.1, 0.15) is 5.01 Å². The van der Waals surface area contributed by atoms with Crippen LogP contribution in [0.2, 0.25) is 0 Å². The molecule has 1 N–H and O–H groups in total. The Morgan fingerprint density at radius 2 is 2.18 bits per heavy atom. The molecule has 0 aromatic carbocycles. The Morgan fingerprint density at radius 3 is 2.65 bits per heavy atom. The summed E-state index contributed by atoms with van der Waals surface area (Å²) >= 11 is 1.82. The van der Waals surface area contributed by atoms with E-state index in [-0.39, 0.29) is 5.54 Å². The van der Waals surface area contributed by atoms with Crippen LogP contribution < -0.4 is 5.32 Å². The maximum Gasteiger partial charge on any atom is 0.113 e. The third kappa shape index (κ3) is 2.04. The van der Waals surface area contributed by atoms with Gasteiger partial charge in [-0.15, -0.1) is 11.3 Å². The zero-order valence-corrected chi connectivity index (χ0v) is 11.8. The van der Waals surface area contributed by atoms with E-state index in [1.54, 1.807) is 0 Å². The molecule has 0 bridgehead atoms. The Kier molecular flexibility index (Phi) is 2.60. The highest BCUT2D eigenvalue weighted by atomic mass is 32.1. The van der Waals surface area contributed by atoms with Crippen LogP contribution in [0.25, 0.3) is 0 Å². The normalized spacial score (nSPS) is 36.3. The molecule has 17 heavy (non-hydrogen) atoms. The first-order valence-electron chi connectivity index (χ1n) is 6.70. The number of hydrogen-bond acceptors (Lipinski definition) is 3. The minimum atomic E-state index is 0.152. The summed E-state index contributed by atoms with van der Waals surface area (Å²) in [7, 11) is 0. The van der Waals surface area contributed by atoms with E-state index >= 15 is 0 Å². The molecule has 2 unspecified atom stereocenters. The average Bonchev–Trinajstić information content (AvgIpc) is 2.78. The second-order valence-corrected chi connectivity index (χ2v) is 7.57. The van der Waals surface area contributed by atoms with Crippen molar-refractivity contribution in [1.29, 1.82) is 0 Å². The number of rotatable bonds is 3. The highest BCUT2D eigenvalue weighted by molar-refractivity contribution is 7.09. The molecule has 1 aromatic heterocycles. The van der Waals surface area contributed by atoms with E-state index in [0.717, 1.165) is 6.04 Å². The van der Waals surface area contributed by atoms with Crippen LogP contribution in [0.1, 0.15) is 51.5 Å².